The molecule has 0 unspecified atom stereocenters. The van der Waals surface area contributed by atoms with Crippen LogP contribution in [0.4, 0.5) is 11.4 Å². The Labute approximate surface area is 175 Å². The zero-order valence-electron chi connectivity index (χ0n) is 16.8. The predicted octanol–water partition coefficient (Wildman–Crippen LogP) is 2.43. The van der Waals surface area contributed by atoms with Crippen LogP contribution in [0.15, 0.2) is 41.3 Å². The number of benzene rings is 2. The van der Waals surface area contributed by atoms with Crippen LogP contribution in [0.2, 0.25) is 0 Å². The van der Waals surface area contributed by atoms with Gasteiger partial charge in [-0.05, 0) is 56.0 Å². The Balaban J connectivity index is 1.62. The highest BCUT2D eigenvalue weighted by atomic mass is 32.2. The molecule has 0 aromatic heterocycles. The van der Waals surface area contributed by atoms with Crippen LogP contribution in [0.3, 0.4) is 0 Å². The predicted molar refractivity (Wildman–Crippen MR) is 112 cm³/mol. The molecular weight excluding hydrogens is 406 g/mol. The van der Waals surface area contributed by atoms with E-state index in [0.717, 1.165) is 5.56 Å². The number of sulfonamides is 1. The summed E-state index contributed by atoms with van der Waals surface area (Å²) in [7, 11) is -3.93. The summed E-state index contributed by atoms with van der Waals surface area (Å²) in [6.07, 6.45) is 1.05. The Bertz CT molecular complexity index is 1130. The highest BCUT2D eigenvalue weighted by Crippen LogP contribution is 2.36. The summed E-state index contributed by atoms with van der Waals surface area (Å²) in [6, 6.07) is 9.59. The molecule has 0 bridgehead atoms. The number of amides is 2. The zero-order chi connectivity index (χ0) is 21.5. The molecule has 4 rings (SSSR count). The molecule has 2 amide bonds. The number of nitrogens with zero attached hydrogens (tertiary/aromatic N) is 1. The van der Waals surface area contributed by atoms with Crippen LogP contribution >= 0.6 is 0 Å². The van der Waals surface area contributed by atoms with E-state index in [2.05, 4.69) is 10.6 Å². The van der Waals surface area contributed by atoms with Gasteiger partial charge in [0.15, 0.2) is 6.61 Å². The monoisotopic (exact) mass is 429 g/mol. The van der Waals surface area contributed by atoms with Crippen LogP contribution in [-0.2, 0) is 19.6 Å². The number of rotatable bonds is 4. The number of nitrogens with one attached hydrogen (secondary N) is 2. The van der Waals surface area contributed by atoms with Crippen molar-refractivity contribution in [1.29, 1.82) is 0 Å². The molecule has 0 spiro atoms. The summed E-state index contributed by atoms with van der Waals surface area (Å²) in [4.78, 5) is 24.5. The molecule has 30 heavy (non-hydrogen) atoms. The number of hydrogen-bond donors (Lipinski definition) is 2. The van der Waals surface area contributed by atoms with Gasteiger partial charge in [-0.2, -0.15) is 4.31 Å². The van der Waals surface area contributed by atoms with E-state index in [1.165, 1.54) is 10.4 Å². The first-order chi connectivity index (χ1) is 14.3. The fourth-order valence-corrected chi connectivity index (χ4v) is 5.74. The van der Waals surface area contributed by atoms with Gasteiger partial charge in [0.2, 0.25) is 15.9 Å². The summed E-state index contributed by atoms with van der Waals surface area (Å²) >= 11 is 0. The lowest BCUT2D eigenvalue weighted by molar-refractivity contribution is -0.119. The topological polar surface area (TPSA) is 105 Å². The molecule has 2 aliphatic heterocycles. The molecule has 158 valence electrons. The van der Waals surface area contributed by atoms with E-state index in [-0.39, 0.29) is 29.9 Å². The molecule has 1 atom stereocenters. The lowest BCUT2D eigenvalue weighted by atomic mass is 10.2. The third-order valence-electron chi connectivity index (χ3n) is 5.29. The highest BCUT2D eigenvalue weighted by molar-refractivity contribution is 7.89. The van der Waals surface area contributed by atoms with Crippen LogP contribution in [0.1, 0.15) is 24.0 Å². The van der Waals surface area contributed by atoms with Gasteiger partial charge in [-0.1, -0.05) is 12.1 Å². The molecule has 0 aliphatic carbocycles. The highest BCUT2D eigenvalue weighted by Gasteiger charge is 2.40. The molecule has 2 aliphatic rings. The van der Waals surface area contributed by atoms with Crippen molar-refractivity contribution in [3.63, 3.8) is 0 Å². The van der Waals surface area contributed by atoms with Crippen molar-refractivity contribution in [2.45, 2.75) is 37.6 Å². The second kappa shape index (κ2) is 7.73. The van der Waals surface area contributed by atoms with Crippen LogP contribution in [0, 0.1) is 13.8 Å². The summed E-state index contributed by atoms with van der Waals surface area (Å²) in [5.74, 6) is -0.329. The Morgan fingerprint density at radius 3 is 2.80 bits per heavy atom. The summed E-state index contributed by atoms with van der Waals surface area (Å²) < 4.78 is 33.5. The lowest BCUT2D eigenvalue weighted by Crippen LogP contribution is -2.43. The normalized spacial score (nSPS) is 19.0. The van der Waals surface area contributed by atoms with Crippen LogP contribution in [0.25, 0.3) is 0 Å². The minimum Gasteiger partial charge on any atom is -0.482 e. The second-order valence-corrected chi connectivity index (χ2v) is 9.44. The SMILES string of the molecule is Cc1cccc(NC(=O)[C@@H]2CCCN2S(=O)(=O)c2cc3c(cc2C)NC(=O)CO3)c1. The fraction of sp³-hybridized carbons (Fsp3) is 0.333. The van der Waals surface area contributed by atoms with E-state index in [1.807, 2.05) is 25.1 Å². The van der Waals surface area contributed by atoms with Crippen molar-refractivity contribution in [2.24, 2.45) is 0 Å². The maximum absolute atomic E-state index is 13.4. The molecule has 1 fully saturated rings. The van der Waals surface area contributed by atoms with E-state index < -0.39 is 16.1 Å². The van der Waals surface area contributed by atoms with E-state index >= 15 is 0 Å². The first kappa shape index (κ1) is 20.4. The second-order valence-electron chi connectivity index (χ2n) is 7.58. The van der Waals surface area contributed by atoms with Crippen molar-refractivity contribution in [1.82, 2.24) is 4.31 Å². The Kier molecular flexibility index (Phi) is 5.25. The summed E-state index contributed by atoms with van der Waals surface area (Å²) in [6.45, 7) is 3.68. The van der Waals surface area contributed by atoms with E-state index in [4.69, 9.17) is 4.74 Å². The van der Waals surface area contributed by atoms with Crippen molar-refractivity contribution in [3.05, 3.63) is 47.5 Å². The van der Waals surface area contributed by atoms with Crippen molar-refractivity contribution in [3.8, 4) is 5.75 Å². The number of anilines is 2. The minimum atomic E-state index is -3.93. The van der Waals surface area contributed by atoms with E-state index in [9.17, 15) is 18.0 Å². The maximum Gasteiger partial charge on any atom is 0.262 e. The third kappa shape index (κ3) is 3.78. The van der Waals surface area contributed by atoms with Crippen molar-refractivity contribution >= 4 is 33.2 Å². The molecule has 2 heterocycles. The number of aryl methyl sites for hydroxylation is 2. The number of ether oxygens (including phenoxy) is 1. The van der Waals surface area contributed by atoms with Gasteiger partial charge in [-0.3, -0.25) is 9.59 Å². The molecule has 0 radical (unpaired) electrons. The Morgan fingerprint density at radius 2 is 2.03 bits per heavy atom. The Morgan fingerprint density at radius 1 is 1.23 bits per heavy atom. The van der Waals surface area contributed by atoms with Crippen molar-refractivity contribution in [2.75, 3.05) is 23.8 Å². The van der Waals surface area contributed by atoms with Crippen LogP contribution in [-0.4, -0.2) is 43.7 Å². The van der Waals surface area contributed by atoms with Gasteiger partial charge >= 0.3 is 0 Å². The summed E-state index contributed by atoms with van der Waals surface area (Å²) in [5, 5.41) is 5.50. The van der Waals surface area contributed by atoms with Crippen LogP contribution < -0.4 is 15.4 Å². The minimum absolute atomic E-state index is 0.0765. The first-order valence-electron chi connectivity index (χ1n) is 9.72. The van der Waals surface area contributed by atoms with Crippen LogP contribution in [0.5, 0.6) is 5.75 Å². The average Bonchev–Trinajstić information content (AvgIpc) is 3.18. The van der Waals surface area contributed by atoms with Gasteiger partial charge in [-0.15, -0.1) is 0 Å². The Hall–Kier alpha value is -2.91. The number of hydrogen-bond acceptors (Lipinski definition) is 5. The smallest absolute Gasteiger partial charge is 0.262 e. The molecule has 9 heteroatoms. The quantitative estimate of drug-likeness (QED) is 0.777. The van der Waals surface area contributed by atoms with Gasteiger partial charge in [0.05, 0.1) is 10.6 Å². The fourth-order valence-electron chi connectivity index (χ4n) is 3.86. The zero-order valence-corrected chi connectivity index (χ0v) is 17.6. The number of fused-ring (bicyclic) bond motifs is 1. The molecular formula is C21H23N3O5S. The molecule has 0 saturated carbocycles. The molecule has 2 aromatic carbocycles. The van der Waals surface area contributed by atoms with Gasteiger partial charge < -0.3 is 15.4 Å². The summed E-state index contributed by atoms with van der Waals surface area (Å²) in [5.41, 5.74) is 2.56. The standard InChI is InChI=1S/C21H23N3O5S/c1-13-5-3-6-15(9-13)22-21(26)17-7-4-8-24(17)30(27,28)19-11-18-16(10-14(19)2)23-20(25)12-29-18/h3,5-6,9-11,17H,4,7-8,12H2,1-2H3,(H,22,26)(H,23,25)/t17-/m0/s1. The largest absolute Gasteiger partial charge is 0.482 e. The van der Waals surface area contributed by atoms with Gasteiger partial charge in [0, 0.05) is 18.3 Å². The maximum atomic E-state index is 13.4. The molecule has 8 nitrogen and oxygen atoms in total. The average molecular weight is 429 g/mol. The van der Waals surface area contributed by atoms with E-state index in [0.29, 0.717) is 35.5 Å². The third-order valence-corrected chi connectivity index (χ3v) is 7.34. The number of carbonyl (C=O) groups is 2. The van der Waals surface area contributed by atoms with Gasteiger partial charge in [0.25, 0.3) is 5.91 Å². The lowest BCUT2D eigenvalue weighted by Gasteiger charge is -2.26. The van der Waals surface area contributed by atoms with Crippen molar-refractivity contribution < 1.29 is 22.7 Å². The molecule has 1 saturated heterocycles. The molecule has 2 aromatic rings. The first-order valence-corrected chi connectivity index (χ1v) is 11.2. The van der Waals surface area contributed by atoms with E-state index in [1.54, 1.807) is 19.1 Å². The van der Waals surface area contributed by atoms with Gasteiger partial charge in [0.1, 0.15) is 11.8 Å². The number of carbonyl (C=O) groups excluding carboxylic acids is 2. The van der Waals surface area contributed by atoms with Gasteiger partial charge in [-0.25, -0.2) is 8.42 Å². The molecule has 2 N–H and O–H groups in total.